The summed E-state index contributed by atoms with van der Waals surface area (Å²) in [6.07, 6.45) is 1.68. The molecule has 6 nitrogen and oxygen atoms in total. The fourth-order valence-electron chi connectivity index (χ4n) is 2.65. The molecule has 0 heterocycles. The number of aliphatic imine (C=N–C) groups is 1. The van der Waals surface area contributed by atoms with Crippen molar-refractivity contribution in [3.63, 3.8) is 0 Å². The van der Waals surface area contributed by atoms with Gasteiger partial charge in [0, 0.05) is 33.5 Å². The second-order valence-corrected chi connectivity index (χ2v) is 8.34. The van der Waals surface area contributed by atoms with Crippen molar-refractivity contribution in [3.05, 3.63) is 65.5 Å². The van der Waals surface area contributed by atoms with Gasteiger partial charge in [-0.3, -0.25) is 4.99 Å². The molecule has 0 aliphatic heterocycles. The summed E-state index contributed by atoms with van der Waals surface area (Å²) in [6, 6.07) is 13.1. The van der Waals surface area contributed by atoms with Crippen LogP contribution in [0.5, 0.6) is 0 Å². The molecule has 2 N–H and O–H groups in total. The molecule has 0 aromatic heterocycles. The van der Waals surface area contributed by atoms with Crippen LogP contribution >= 0.6 is 0 Å². The molecule has 0 bridgehead atoms. The van der Waals surface area contributed by atoms with E-state index in [0.29, 0.717) is 23.9 Å². The number of methoxy groups -OCH3 is 1. The normalized spacial score (nSPS) is 13.2. The lowest BCUT2D eigenvalue weighted by Gasteiger charge is -2.19. The van der Waals surface area contributed by atoms with Crippen LogP contribution < -0.4 is 10.6 Å². The maximum Gasteiger partial charge on any atom is 0.191 e. The quantitative estimate of drug-likeness (QED) is 0.519. The summed E-state index contributed by atoms with van der Waals surface area (Å²) in [7, 11) is 0.101. The fourth-order valence-corrected chi connectivity index (χ4v) is 3.28. The molecule has 0 fully saturated rings. The molecule has 8 heteroatoms. The predicted molar refractivity (Wildman–Crippen MR) is 109 cm³/mol. The lowest BCUT2D eigenvalue weighted by molar-refractivity contribution is 0.106. The van der Waals surface area contributed by atoms with Gasteiger partial charge in [-0.25, -0.2) is 12.8 Å². The Morgan fingerprint density at radius 2 is 1.75 bits per heavy atom. The smallest absolute Gasteiger partial charge is 0.191 e. The van der Waals surface area contributed by atoms with Crippen molar-refractivity contribution < 1.29 is 17.5 Å². The largest absolute Gasteiger partial charge is 0.375 e. The van der Waals surface area contributed by atoms with E-state index in [1.165, 1.54) is 18.4 Å². The molecule has 0 aliphatic rings. The van der Waals surface area contributed by atoms with Crippen LogP contribution in [0.2, 0.25) is 0 Å². The number of hydrogen-bond acceptors (Lipinski definition) is 4. The van der Waals surface area contributed by atoms with E-state index >= 15 is 0 Å². The first-order valence-corrected chi connectivity index (χ1v) is 10.7. The molecule has 0 saturated carbocycles. The maximum atomic E-state index is 13.1. The van der Waals surface area contributed by atoms with Gasteiger partial charge < -0.3 is 15.4 Å². The van der Waals surface area contributed by atoms with Gasteiger partial charge in [0.25, 0.3) is 0 Å². The molecule has 2 rings (SSSR count). The third-order valence-corrected chi connectivity index (χ3v) is 5.39. The van der Waals surface area contributed by atoms with E-state index in [0.717, 1.165) is 17.5 Å². The van der Waals surface area contributed by atoms with Crippen LogP contribution in [-0.2, 0) is 21.0 Å². The van der Waals surface area contributed by atoms with E-state index in [9.17, 15) is 12.8 Å². The Hall–Kier alpha value is -2.45. The molecule has 152 valence electrons. The number of sulfone groups is 1. The Morgan fingerprint density at radius 1 is 1.11 bits per heavy atom. The summed E-state index contributed by atoms with van der Waals surface area (Å²) in [4.78, 5) is 4.49. The standard InChI is InChI=1S/C20H26FN3O3S/c1-22-20(24-14-19(27-2)16-6-8-17(21)9-7-16)23-13-12-15-4-10-18(11-5-15)28(3,25)26/h4-11,19H,12-14H2,1-3H3,(H2,22,23,24). The number of halogens is 1. The van der Waals surface area contributed by atoms with Gasteiger partial charge >= 0.3 is 0 Å². The maximum absolute atomic E-state index is 13.1. The molecule has 0 spiro atoms. The van der Waals surface area contributed by atoms with Gasteiger partial charge in [0.15, 0.2) is 15.8 Å². The number of rotatable bonds is 8. The van der Waals surface area contributed by atoms with Crippen LogP contribution in [0.1, 0.15) is 17.2 Å². The van der Waals surface area contributed by atoms with E-state index in [1.54, 1.807) is 38.4 Å². The van der Waals surface area contributed by atoms with Crippen molar-refractivity contribution in [1.82, 2.24) is 10.6 Å². The average Bonchev–Trinajstić information content (AvgIpc) is 2.68. The Labute approximate surface area is 165 Å². The zero-order chi connectivity index (χ0) is 20.6. The van der Waals surface area contributed by atoms with Gasteiger partial charge in [0.2, 0.25) is 0 Å². The molecule has 0 amide bonds. The third-order valence-electron chi connectivity index (χ3n) is 4.26. The Kier molecular flexibility index (Phi) is 7.95. The number of benzene rings is 2. The third kappa shape index (κ3) is 6.61. The summed E-state index contributed by atoms with van der Waals surface area (Å²) in [6.45, 7) is 1.11. The first kappa shape index (κ1) is 21.8. The topological polar surface area (TPSA) is 79.8 Å². The fraction of sp³-hybridized carbons (Fsp3) is 0.350. The highest BCUT2D eigenvalue weighted by Gasteiger charge is 2.11. The van der Waals surface area contributed by atoms with E-state index in [2.05, 4.69) is 15.6 Å². The SMILES string of the molecule is CN=C(NCCc1ccc(S(C)(=O)=O)cc1)NCC(OC)c1ccc(F)cc1. The number of nitrogens with zero attached hydrogens (tertiary/aromatic N) is 1. The minimum Gasteiger partial charge on any atom is -0.375 e. The Morgan fingerprint density at radius 3 is 2.29 bits per heavy atom. The van der Waals surface area contributed by atoms with Gasteiger partial charge in [-0.2, -0.15) is 0 Å². The van der Waals surface area contributed by atoms with Crippen LogP contribution in [0.15, 0.2) is 58.4 Å². The highest BCUT2D eigenvalue weighted by molar-refractivity contribution is 7.90. The highest BCUT2D eigenvalue weighted by Crippen LogP contribution is 2.16. The Bertz CT molecular complexity index is 882. The monoisotopic (exact) mass is 407 g/mol. The minimum atomic E-state index is -3.18. The summed E-state index contributed by atoms with van der Waals surface area (Å²) in [5.41, 5.74) is 1.90. The molecular weight excluding hydrogens is 381 g/mol. The van der Waals surface area contributed by atoms with Crippen molar-refractivity contribution in [1.29, 1.82) is 0 Å². The lowest BCUT2D eigenvalue weighted by Crippen LogP contribution is -2.40. The highest BCUT2D eigenvalue weighted by atomic mass is 32.2. The van der Waals surface area contributed by atoms with Crippen LogP contribution in [0.25, 0.3) is 0 Å². The minimum absolute atomic E-state index is 0.234. The zero-order valence-corrected chi connectivity index (χ0v) is 17.1. The Balaban J connectivity index is 1.83. The first-order valence-electron chi connectivity index (χ1n) is 8.85. The average molecular weight is 408 g/mol. The molecule has 28 heavy (non-hydrogen) atoms. The van der Waals surface area contributed by atoms with E-state index in [4.69, 9.17) is 4.74 Å². The number of guanidine groups is 1. The zero-order valence-electron chi connectivity index (χ0n) is 16.3. The van der Waals surface area contributed by atoms with Crippen LogP contribution in [0.3, 0.4) is 0 Å². The molecular formula is C20H26FN3O3S. The molecule has 1 atom stereocenters. The van der Waals surface area contributed by atoms with E-state index < -0.39 is 9.84 Å². The summed E-state index contributed by atoms with van der Waals surface area (Å²) >= 11 is 0. The molecule has 0 aliphatic carbocycles. The number of hydrogen-bond donors (Lipinski definition) is 2. The molecule has 2 aromatic carbocycles. The van der Waals surface area contributed by atoms with Crippen molar-refractivity contribution in [3.8, 4) is 0 Å². The van der Waals surface area contributed by atoms with Gasteiger partial charge in [-0.05, 0) is 41.8 Å². The van der Waals surface area contributed by atoms with Crippen molar-refractivity contribution in [2.24, 2.45) is 4.99 Å². The van der Waals surface area contributed by atoms with E-state index in [1.807, 2.05) is 12.1 Å². The van der Waals surface area contributed by atoms with E-state index in [-0.39, 0.29) is 11.9 Å². The number of nitrogens with one attached hydrogen (secondary N) is 2. The van der Waals surface area contributed by atoms with Gasteiger partial charge in [0.1, 0.15) is 5.82 Å². The molecule has 1 unspecified atom stereocenters. The predicted octanol–water partition coefficient (Wildman–Crippen LogP) is 2.32. The summed E-state index contributed by atoms with van der Waals surface area (Å²) < 4.78 is 41.5. The van der Waals surface area contributed by atoms with Gasteiger partial charge in [-0.15, -0.1) is 0 Å². The van der Waals surface area contributed by atoms with Gasteiger partial charge in [-0.1, -0.05) is 24.3 Å². The molecule has 2 aromatic rings. The van der Waals surface area contributed by atoms with Crippen LogP contribution in [0.4, 0.5) is 4.39 Å². The van der Waals surface area contributed by atoms with Gasteiger partial charge in [0.05, 0.1) is 11.0 Å². The second-order valence-electron chi connectivity index (χ2n) is 6.32. The lowest BCUT2D eigenvalue weighted by atomic mass is 10.1. The van der Waals surface area contributed by atoms with Crippen molar-refractivity contribution >= 4 is 15.8 Å². The summed E-state index contributed by atoms with van der Waals surface area (Å²) in [5.74, 6) is 0.338. The molecule has 0 saturated heterocycles. The van der Waals surface area contributed by atoms with Crippen LogP contribution in [0, 0.1) is 5.82 Å². The van der Waals surface area contributed by atoms with Crippen molar-refractivity contribution in [2.45, 2.75) is 17.4 Å². The summed E-state index contributed by atoms with van der Waals surface area (Å²) in [5, 5.41) is 6.40. The van der Waals surface area contributed by atoms with Crippen molar-refractivity contribution in [2.75, 3.05) is 33.5 Å². The molecule has 0 radical (unpaired) electrons. The second kappa shape index (κ2) is 10.2. The van der Waals surface area contributed by atoms with Crippen LogP contribution in [-0.4, -0.2) is 47.9 Å². The number of ether oxygens (including phenoxy) is 1. The first-order chi connectivity index (χ1) is 13.3.